The van der Waals surface area contributed by atoms with Crippen LogP contribution in [0.4, 0.5) is 0 Å². The highest BCUT2D eigenvalue weighted by Crippen LogP contribution is 2.19. The van der Waals surface area contributed by atoms with E-state index in [0.717, 1.165) is 5.82 Å². The van der Waals surface area contributed by atoms with Gasteiger partial charge in [0.25, 0.3) is 0 Å². The summed E-state index contributed by atoms with van der Waals surface area (Å²) in [7, 11) is 0. The van der Waals surface area contributed by atoms with Crippen molar-refractivity contribution >= 4 is 12.6 Å². The molecule has 1 aromatic heterocycles. The first-order chi connectivity index (χ1) is 5.13. The number of nitrogens with zero attached hydrogens (tertiary/aromatic N) is 2. The summed E-state index contributed by atoms with van der Waals surface area (Å²) in [6, 6.07) is 0.474. The van der Waals surface area contributed by atoms with Crippen LogP contribution in [0.1, 0.15) is 37.9 Å². The number of thiol groups is 1. The van der Waals surface area contributed by atoms with Gasteiger partial charge in [0.15, 0.2) is 0 Å². The van der Waals surface area contributed by atoms with E-state index < -0.39 is 0 Å². The third kappa shape index (κ3) is 1.77. The molecule has 0 radical (unpaired) electrons. The van der Waals surface area contributed by atoms with Crippen molar-refractivity contribution in [2.45, 2.75) is 32.1 Å². The molecule has 1 aromatic rings. The lowest BCUT2D eigenvalue weighted by Gasteiger charge is -2.12. The summed E-state index contributed by atoms with van der Waals surface area (Å²) in [5.74, 6) is 1.04. The third-order valence-electron chi connectivity index (χ3n) is 1.63. The molecule has 62 valence electrons. The van der Waals surface area contributed by atoms with Crippen molar-refractivity contribution in [3.8, 4) is 0 Å². The van der Waals surface area contributed by atoms with Crippen LogP contribution in [0.15, 0.2) is 12.4 Å². The predicted octanol–water partition coefficient (Wildman–Crippen LogP) is 2.45. The second-order valence-electron chi connectivity index (χ2n) is 2.96. The minimum Gasteiger partial charge on any atom is -0.332 e. The summed E-state index contributed by atoms with van der Waals surface area (Å²) in [6.07, 6.45) is 3.81. The molecule has 3 heteroatoms. The van der Waals surface area contributed by atoms with Gasteiger partial charge >= 0.3 is 0 Å². The van der Waals surface area contributed by atoms with E-state index in [1.807, 2.05) is 19.3 Å². The van der Waals surface area contributed by atoms with E-state index in [1.165, 1.54) is 0 Å². The Morgan fingerprint density at radius 2 is 2.09 bits per heavy atom. The zero-order valence-corrected chi connectivity index (χ0v) is 8.05. The first-order valence-electron chi connectivity index (χ1n) is 3.83. The molecular formula is C8H14N2S. The third-order valence-corrected chi connectivity index (χ3v) is 1.86. The maximum absolute atomic E-state index is 4.33. The van der Waals surface area contributed by atoms with Gasteiger partial charge in [0.1, 0.15) is 5.82 Å². The van der Waals surface area contributed by atoms with Gasteiger partial charge in [-0.25, -0.2) is 4.98 Å². The zero-order valence-electron chi connectivity index (χ0n) is 7.15. The van der Waals surface area contributed by atoms with Crippen LogP contribution >= 0.6 is 12.6 Å². The molecule has 0 saturated carbocycles. The summed E-state index contributed by atoms with van der Waals surface area (Å²) >= 11 is 4.33. The zero-order chi connectivity index (χ0) is 8.43. The van der Waals surface area contributed by atoms with E-state index in [4.69, 9.17) is 0 Å². The van der Waals surface area contributed by atoms with Gasteiger partial charge < -0.3 is 4.57 Å². The lowest BCUT2D eigenvalue weighted by molar-refractivity contribution is 0.570. The van der Waals surface area contributed by atoms with E-state index in [2.05, 4.69) is 36.0 Å². The lowest BCUT2D eigenvalue weighted by atomic mass is 10.3. The van der Waals surface area contributed by atoms with Crippen LogP contribution < -0.4 is 0 Å². The summed E-state index contributed by atoms with van der Waals surface area (Å²) in [6.45, 7) is 6.31. The molecule has 1 atom stereocenters. The van der Waals surface area contributed by atoms with E-state index >= 15 is 0 Å². The molecule has 0 saturated heterocycles. The molecule has 0 aliphatic rings. The monoisotopic (exact) mass is 170 g/mol. The molecule has 0 unspecified atom stereocenters. The molecular weight excluding hydrogens is 156 g/mol. The normalized spacial score (nSPS) is 13.9. The van der Waals surface area contributed by atoms with Gasteiger partial charge in [-0.2, -0.15) is 12.6 Å². The molecule has 0 spiro atoms. The van der Waals surface area contributed by atoms with Crippen molar-refractivity contribution in [2.75, 3.05) is 0 Å². The second-order valence-corrected chi connectivity index (χ2v) is 3.74. The van der Waals surface area contributed by atoms with Crippen LogP contribution in [-0.2, 0) is 0 Å². The Bertz CT molecular complexity index is 205. The van der Waals surface area contributed by atoms with E-state index in [-0.39, 0.29) is 5.25 Å². The van der Waals surface area contributed by atoms with Gasteiger partial charge in [0.05, 0.1) is 5.25 Å². The van der Waals surface area contributed by atoms with Crippen LogP contribution in [0.3, 0.4) is 0 Å². The van der Waals surface area contributed by atoms with Crippen LogP contribution in [0.5, 0.6) is 0 Å². The van der Waals surface area contributed by atoms with E-state index in [0.29, 0.717) is 6.04 Å². The molecule has 0 aliphatic carbocycles. The predicted molar refractivity (Wildman–Crippen MR) is 50.0 cm³/mol. The fourth-order valence-corrected chi connectivity index (χ4v) is 1.28. The Balaban J connectivity index is 2.96. The molecule has 0 amide bonds. The molecule has 11 heavy (non-hydrogen) atoms. The Morgan fingerprint density at radius 1 is 1.45 bits per heavy atom. The van der Waals surface area contributed by atoms with Gasteiger partial charge in [-0.15, -0.1) is 0 Å². The molecule has 0 bridgehead atoms. The standard InChI is InChI=1S/C8H14N2S/c1-6(2)10-5-4-9-8(10)7(3)11/h4-7,11H,1-3H3/t7-/m0/s1. The molecule has 0 aliphatic heterocycles. The van der Waals surface area contributed by atoms with Crippen LogP contribution in [0.2, 0.25) is 0 Å². The molecule has 0 fully saturated rings. The highest BCUT2D eigenvalue weighted by atomic mass is 32.1. The van der Waals surface area contributed by atoms with Gasteiger partial charge in [-0.1, -0.05) is 0 Å². The van der Waals surface area contributed by atoms with Gasteiger partial charge in [-0.3, -0.25) is 0 Å². The molecule has 0 N–H and O–H groups in total. The van der Waals surface area contributed by atoms with Gasteiger partial charge in [0.2, 0.25) is 0 Å². The van der Waals surface area contributed by atoms with Crippen molar-refractivity contribution in [3.05, 3.63) is 18.2 Å². The quantitative estimate of drug-likeness (QED) is 0.675. The van der Waals surface area contributed by atoms with Crippen molar-refractivity contribution < 1.29 is 0 Å². The highest BCUT2D eigenvalue weighted by Gasteiger charge is 2.08. The van der Waals surface area contributed by atoms with Crippen LogP contribution in [0.25, 0.3) is 0 Å². The summed E-state index contributed by atoms with van der Waals surface area (Å²) in [5.41, 5.74) is 0. The second kappa shape index (κ2) is 3.30. The smallest absolute Gasteiger partial charge is 0.121 e. The number of hydrogen-bond donors (Lipinski definition) is 1. The van der Waals surface area contributed by atoms with Crippen molar-refractivity contribution in [2.24, 2.45) is 0 Å². The average Bonchev–Trinajstić information content (AvgIpc) is 2.32. The Morgan fingerprint density at radius 3 is 2.45 bits per heavy atom. The fraction of sp³-hybridized carbons (Fsp3) is 0.625. The van der Waals surface area contributed by atoms with E-state index in [9.17, 15) is 0 Å². The summed E-state index contributed by atoms with van der Waals surface area (Å²) < 4.78 is 2.14. The average molecular weight is 170 g/mol. The number of imidazole rings is 1. The topological polar surface area (TPSA) is 17.8 Å². The lowest BCUT2D eigenvalue weighted by Crippen LogP contribution is -2.05. The maximum Gasteiger partial charge on any atom is 0.121 e. The fourth-order valence-electron chi connectivity index (χ4n) is 1.08. The van der Waals surface area contributed by atoms with Crippen molar-refractivity contribution in [1.29, 1.82) is 0 Å². The van der Waals surface area contributed by atoms with Gasteiger partial charge in [-0.05, 0) is 20.8 Å². The molecule has 0 aromatic carbocycles. The first kappa shape index (κ1) is 8.65. The molecule has 2 nitrogen and oxygen atoms in total. The first-order valence-corrected chi connectivity index (χ1v) is 4.35. The molecule has 1 heterocycles. The number of aromatic nitrogens is 2. The number of hydrogen-bond acceptors (Lipinski definition) is 2. The van der Waals surface area contributed by atoms with Gasteiger partial charge in [0, 0.05) is 18.4 Å². The van der Waals surface area contributed by atoms with E-state index in [1.54, 1.807) is 0 Å². The van der Waals surface area contributed by atoms with Crippen molar-refractivity contribution in [1.82, 2.24) is 9.55 Å². The Kier molecular flexibility index (Phi) is 2.60. The highest BCUT2D eigenvalue weighted by molar-refractivity contribution is 7.80. The minimum absolute atomic E-state index is 0.215. The van der Waals surface area contributed by atoms with Crippen LogP contribution in [0, 0.1) is 0 Å². The molecule has 1 rings (SSSR count). The summed E-state index contributed by atoms with van der Waals surface area (Å²) in [5, 5.41) is 0.215. The maximum atomic E-state index is 4.33. The van der Waals surface area contributed by atoms with Crippen LogP contribution in [-0.4, -0.2) is 9.55 Å². The largest absolute Gasteiger partial charge is 0.332 e. The summed E-state index contributed by atoms with van der Waals surface area (Å²) in [4.78, 5) is 4.22. The SMILES string of the molecule is CC(C)n1ccnc1[C@H](C)S. The van der Waals surface area contributed by atoms with Crippen molar-refractivity contribution in [3.63, 3.8) is 0 Å². The Labute approximate surface area is 73.0 Å². The minimum atomic E-state index is 0.215. The number of rotatable bonds is 2. The Hall–Kier alpha value is -0.440.